The largest absolute Gasteiger partial charge is 2.00 e. The van der Waals surface area contributed by atoms with Gasteiger partial charge in [-0.15, -0.1) is 11.4 Å². The number of hydrogen-bond acceptors (Lipinski definition) is 4. The standard InChI is InChI=1S/C19H18N2O2.C18H17N2.Zn/c1-12-9-10-16(20-12)18(14-7-5-4-6-8-14)17-11-15(13(2)21-17)19(22)23-3;1-12-11-17(20-14(12)3)18(15-7-5-4-6-8-15)16-10-9-13(2)19-16;/h4-11H,1-3H3,(H,20,21,22);4-11H,1-3H3;/q;-1;+2/p-1/b;18-16-;. The van der Waals surface area contributed by atoms with Gasteiger partial charge in [0.2, 0.25) is 0 Å². The topological polar surface area (TPSA) is 79.2 Å². The number of aliphatic imine (C=N–C) groups is 2. The van der Waals surface area contributed by atoms with Crippen molar-refractivity contribution in [3.63, 3.8) is 0 Å². The van der Waals surface area contributed by atoms with Crippen LogP contribution < -0.4 is 9.97 Å². The van der Waals surface area contributed by atoms with Crippen LogP contribution in [0.2, 0.25) is 0 Å². The molecule has 216 valence electrons. The number of carbonyl (C=O) groups excluding carboxylic acids is 1. The van der Waals surface area contributed by atoms with Crippen molar-refractivity contribution in [2.75, 3.05) is 7.11 Å². The average Bonchev–Trinajstić information content (AvgIpc) is 3.80. The van der Waals surface area contributed by atoms with Crippen LogP contribution in [0.1, 0.15) is 53.3 Å². The van der Waals surface area contributed by atoms with Crippen molar-refractivity contribution in [3.05, 3.63) is 154 Å². The molecule has 0 saturated heterocycles. The van der Waals surface area contributed by atoms with E-state index >= 15 is 0 Å². The van der Waals surface area contributed by atoms with Crippen molar-refractivity contribution in [2.45, 2.75) is 34.6 Å². The molecule has 0 aliphatic carbocycles. The fourth-order valence-corrected chi connectivity index (χ4v) is 4.97. The molecule has 4 aromatic rings. The summed E-state index contributed by atoms with van der Waals surface area (Å²) in [5.41, 5.74) is 13.2. The molecule has 0 unspecified atom stereocenters. The molecule has 2 aliphatic rings. The Morgan fingerprint density at radius 2 is 1.32 bits per heavy atom. The molecule has 0 fully saturated rings. The normalized spacial score (nSPS) is 15.8. The number of benzene rings is 2. The zero-order chi connectivity index (χ0) is 30.5. The molecule has 2 aromatic heterocycles. The number of ether oxygens (including phenoxy) is 1. The van der Waals surface area contributed by atoms with Crippen LogP contribution in [0.5, 0.6) is 0 Å². The van der Waals surface area contributed by atoms with E-state index in [1.165, 1.54) is 12.7 Å². The predicted molar refractivity (Wildman–Crippen MR) is 174 cm³/mol. The molecule has 0 saturated carbocycles. The van der Waals surface area contributed by atoms with Gasteiger partial charge in [0.05, 0.1) is 29.8 Å². The van der Waals surface area contributed by atoms with E-state index in [1.54, 1.807) is 6.08 Å². The number of methoxy groups -OCH3 is 1. The van der Waals surface area contributed by atoms with Crippen LogP contribution in [0.25, 0.3) is 11.1 Å². The number of carbonyl (C=O) groups is 1. The fourth-order valence-electron chi connectivity index (χ4n) is 4.97. The minimum Gasteiger partial charge on any atom is -0.661 e. The molecule has 0 N–H and O–H groups in total. The summed E-state index contributed by atoms with van der Waals surface area (Å²) < 4.78 is 4.82. The Bertz CT molecular complexity index is 1830. The van der Waals surface area contributed by atoms with Crippen LogP contribution in [-0.2, 0) is 29.0 Å². The molecule has 0 atom stereocenters. The van der Waals surface area contributed by atoms with E-state index in [4.69, 9.17) is 9.72 Å². The van der Waals surface area contributed by atoms with E-state index in [0.717, 1.165) is 62.2 Å². The first-order valence-electron chi connectivity index (χ1n) is 14.2. The third-order valence-electron chi connectivity index (χ3n) is 7.28. The Kier molecular flexibility index (Phi) is 10.5. The third-order valence-corrected chi connectivity index (χ3v) is 7.28. The SMILES string of the molecule is CC1=N/C(=C(/c2ccccc2)c2cc(C)c(C)[n-]2)C=C1.COC(=O)C1=C/C(=C(\c2ccccc2)c2ccc(C)[n-]2)N=C1C.[Zn+2]. The van der Waals surface area contributed by atoms with Crippen LogP contribution in [0.15, 0.2) is 124 Å². The number of aryl methyl sites for hydroxylation is 3. The maximum Gasteiger partial charge on any atom is 2.00 e. The first-order valence-corrected chi connectivity index (χ1v) is 14.2. The molecular formula is C37H34N4O2Zn. The zero-order valence-corrected chi connectivity index (χ0v) is 29.0. The van der Waals surface area contributed by atoms with Gasteiger partial charge < -0.3 is 14.7 Å². The number of allylic oxidation sites excluding steroid dienone is 3. The van der Waals surface area contributed by atoms with E-state index in [1.807, 2.05) is 94.4 Å². The Balaban J connectivity index is 0.000000198. The van der Waals surface area contributed by atoms with Gasteiger partial charge in [-0.05, 0) is 61.3 Å². The summed E-state index contributed by atoms with van der Waals surface area (Å²) in [6, 6.07) is 26.4. The first kappa shape index (κ1) is 32.3. The minimum absolute atomic E-state index is 0. The predicted octanol–water partition coefficient (Wildman–Crippen LogP) is 7.33. The van der Waals surface area contributed by atoms with E-state index < -0.39 is 0 Å². The van der Waals surface area contributed by atoms with Gasteiger partial charge in [0.25, 0.3) is 0 Å². The van der Waals surface area contributed by atoms with Crippen molar-refractivity contribution >= 4 is 28.5 Å². The molecule has 0 radical (unpaired) electrons. The van der Waals surface area contributed by atoms with Crippen molar-refractivity contribution in [1.82, 2.24) is 9.97 Å². The molecule has 2 aromatic carbocycles. The molecule has 0 spiro atoms. The van der Waals surface area contributed by atoms with Crippen LogP contribution in [0, 0.1) is 20.8 Å². The van der Waals surface area contributed by atoms with E-state index in [2.05, 4.69) is 46.2 Å². The molecule has 7 heteroatoms. The van der Waals surface area contributed by atoms with Crippen LogP contribution in [0.4, 0.5) is 0 Å². The molecule has 0 amide bonds. The summed E-state index contributed by atoms with van der Waals surface area (Å²) in [4.78, 5) is 30.3. The fraction of sp³-hybridized carbons (Fsp3) is 0.162. The smallest absolute Gasteiger partial charge is 0.661 e. The van der Waals surface area contributed by atoms with Gasteiger partial charge in [-0.25, -0.2) is 4.79 Å². The average molecular weight is 632 g/mol. The summed E-state index contributed by atoms with van der Waals surface area (Å²) in [6.07, 6.45) is 5.88. The molecule has 2 aliphatic heterocycles. The van der Waals surface area contributed by atoms with Gasteiger partial charge in [-0.1, -0.05) is 98.3 Å². The summed E-state index contributed by atoms with van der Waals surface area (Å²) >= 11 is 0. The zero-order valence-electron chi connectivity index (χ0n) is 26.1. The maximum atomic E-state index is 11.9. The maximum absolute atomic E-state index is 11.9. The van der Waals surface area contributed by atoms with Crippen LogP contribution in [-0.4, -0.2) is 24.5 Å². The van der Waals surface area contributed by atoms with Crippen LogP contribution >= 0.6 is 0 Å². The van der Waals surface area contributed by atoms with E-state index in [0.29, 0.717) is 11.3 Å². The minimum atomic E-state index is -0.375. The number of esters is 1. The molecule has 6 nitrogen and oxygen atoms in total. The van der Waals surface area contributed by atoms with Crippen molar-refractivity contribution in [1.29, 1.82) is 0 Å². The van der Waals surface area contributed by atoms with Gasteiger partial charge in [0.15, 0.2) is 0 Å². The summed E-state index contributed by atoms with van der Waals surface area (Å²) in [7, 11) is 1.37. The Morgan fingerprint density at radius 3 is 1.80 bits per heavy atom. The molecule has 6 rings (SSSR count). The van der Waals surface area contributed by atoms with E-state index in [-0.39, 0.29) is 25.4 Å². The quantitative estimate of drug-likeness (QED) is 0.171. The number of aromatic nitrogens is 2. The summed E-state index contributed by atoms with van der Waals surface area (Å²) in [5, 5.41) is 0. The van der Waals surface area contributed by atoms with Crippen molar-refractivity contribution in [2.24, 2.45) is 9.98 Å². The van der Waals surface area contributed by atoms with Gasteiger partial charge in [-0.2, -0.15) is 11.4 Å². The third kappa shape index (κ3) is 7.12. The second-order valence-corrected chi connectivity index (χ2v) is 10.5. The number of hydrogen-bond donors (Lipinski definition) is 0. The van der Waals surface area contributed by atoms with Gasteiger partial charge >= 0.3 is 25.4 Å². The monoisotopic (exact) mass is 630 g/mol. The van der Waals surface area contributed by atoms with Crippen molar-refractivity contribution < 1.29 is 29.0 Å². The van der Waals surface area contributed by atoms with Gasteiger partial charge in [-0.3, -0.25) is 9.98 Å². The second-order valence-electron chi connectivity index (χ2n) is 10.5. The first-order chi connectivity index (χ1) is 20.7. The Hall–Kier alpha value is -4.61. The number of rotatable bonds is 5. The van der Waals surface area contributed by atoms with E-state index in [9.17, 15) is 4.79 Å². The summed E-state index contributed by atoms with van der Waals surface area (Å²) in [6.45, 7) is 9.92. The second kappa shape index (κ2) is 14.2. The Morgan fingerprint density at radius 1 is 0.705 bits per heavy atom. The molecule has 4 heterocycles. The van der Waals surface area contributed by atoms with Gasteiger partial charge in [0, 0.05) is 5.71 Å². The van der Waals surface area contributed by atoms with Gasteiger partial charge in [0.1, 0.15) is 0 Å². The summed E-state index contributed by atoms with van der Waals surface area (Å²) in [5.74, 6) is -0.375. The number of nitrogens with zero attached hydrogens (tertiary/aromatic N) is 4. The molecule has 44 heavy (non-hydrogen) atoms. The van der Waals surface area contributed by atoms with Crippen molar-refractivity contribution in [3.8, 4) is 0 Å². The van der Waals surface area contributed by atoms with Crippen LogP contribution in [0.3, 0.4) is 0 Å². The molecular weight excluding hydrogens is 598 g/mol. The molecule has 0 bridgehead atoms. The Labute approximate surface area is 271 Å².